The predicted octanol–water partition coefficient (Wildman–Crippen LogP) is 3.18. The summed E-state index contributed by atoms with van der Waals surface area (Å²) in [5.41, 5.74) is 9.28. The van der Waals surface area contributed by atoms with Crippen LogP contribution >= 0.6 is 11.6 Å². The monoisotopic (exact) mass is 351 g/mol. The second-order valence-electron chi connectivity index (χ2n) is 5.37. The molecule has 0 amide bonds. The lowest BCUT2D eigenvalue weighted by Gasteiger charge is -2.14. The van der Waals surface area contributed by atoms with Gasteiger partial charge in [-0.05, 0) is 25.5 Å². The van der Waals surface area contributed by atoms with E-state index in [0.717, 1.165) is 5.56 Å². The fraction of sp³-hybridized carbons (Fsp3) is 0.118. The molecule has 0 saturated heterocycles. The van der Waals surface area contributed by atoms with E-state index in [1.807, 2.05) is 13.0 Å². The first-order valence-corrected chi connectivity index (χ1v) is 7.69. The second-order valence-corrected chi connectivity index (χ2v) is 5.78. The van der Waals surface area contributed by atoms with Crippen molar-refractivity contribution in [1.29, 1.82) is 5.26 Å². The molecule has 7 nitrogen and oxygen atoms in total. The Bertz CT molecular complexity index is 1070. The normalized spacial score (nSPS) is 11.1. The fourth-order valence-corrected chi connectivity index (χ4v) is 2.93. The number of aromatic nitrogens is 3. The van der Waals surface area contributed by atoms with Gasteiger partial charge >= 0.3 is 0 Å². The van der Waals surface area contributed by atoms with Gasteiger partial charge in [-0.25, -0.2) is 9.97 Å². The number of hydrogen-bond acceptors (Lipinski definition) is 6. The van der Waals surface area contributed by atoms with Crippen LogP contribution in [0.2, 0.25) is 5.02 Å². The smallest absolute Gasteiger partial charge is 0.151 e. The first-order chi connectivity index (χ1) is 12.0. The van der Waals surface area contributed by atoms with Gasteiger partial charge < -0.3 is 5.73 Å². The van der Waals surface area contributed by atoms with Gasteiger partial charge in [0.15, 0.2) is 5.65 Å². The molecule has 2 heterocycles. The topological polar surface area (TPSA) is 105 Å². The van der Waals surface area contributed by atoms with Crippen LogP contribution in [-0.2, 0) is 0 Å². The average molecular weight is 352 g/mol. The maximum atomic E-state index is 9.50. The van der Waals surface area contributed by atoms with Crippen LogP contribution in [0.15, 0.2) is 28.5 Å². The summed E-state index contributed by atoms with van der Waals surface area (Å²) in [6.07, 6.45) is 3.14. The minimum Gasteiger partial charge on any atom is -0.384 e. The molecule has 0 saturated carbocycles. The number of rotatable bonds is 3. The van der Waals surface area contributed by atoms with E-state index in [4.69, 9.17) is 17.3 Å². The number of nitrogens with zero attached hydrogens (tertiary/aromatic N) is 6. The summed E-state index contributed by atoms with van der Waals surface area (Å²) in [4.78, 5) is 8.62. The van der Waals surface area contributed by atoms with E-state index >= 15 is 0 Å². The minimum atomic E-state index is 0.242. The summed E-state index contributed by atoms with van der Waals surface area (Å²) in [7, 11) is 0. The average Bonchev–Trinajstić information content (AvgIpc) is 2.86. The molecule has 0 spiro atoms. The van der Waals surface area contributed by atoms with Crippen LogP contribution in [0.3, 0.4) is 0 Å². The summed E-state index contributed by atoms with van der Waals surface area (Å²) in [6.45, 7) is 7.03. The highest BCUT2D eigenvalue weighted by Crippen LogP contribution is 2.35. The van der Waals surface area contributed by atoms with Crippen molar-refractivity contribution in [2.24, 2.45) is 10.2 Å². The fourth-order valence-electron chi connectivity index (χ4n) is 2.68. The Labute approximate surface area is 149 Å². The number of nitrogens with two attached hydrogens (primary N) is 1. The number of fused-ring (bicyclic) bond motifs is 1. The van der Waals surface area contributed by atoms with Gasteiger partial charge in [0.25, 0.3) is 0 Å². The van der Waals surface area contributed by atoms with Crippen molar-refractivity contribution in [2.45, 2.75) is 13.8 Å². The van der Waals surface area contributed by atoms with Gasteiger partial charge in [-0.1, -0.05) is 17.7 Å². The number of hydrogen-bond donors (Lipinski definition) is 1. The van der Waals surface area contributed by atoms with E-state index in [1.165, 1.54) is 0 Å². The van der Waals surface area contributed by atoms with Gasteiger partial charge in [0.2, 0.25) is 0 Å². The summed E-state index contributed by atoms with van der Waals surface area (Å²) in [5, 5.41) is 17.9. The van der Waals surface area contributed by atoms with Crippen molar-refractivity contribution in [3.8, 4) is 11.8 Å². The van der Waals surface area contributed by atoms with Gasteiger partial charge in [0, 0.05) is 18.5 Å². The van der Waals surface area contributed by atoms with Crippen molar-refractivity contribution in [1.82, 2.24) is 14.5 Å². The van der Waals surface area contributed by atoms with Crippen LogP contribution < -0.4 is 5.73 Å². The van der Waals surface area contributed by atoms with Gasteiger partial charge in [-0.3, -0.25) is 4.57 Å². The first kappa shape index (κ1) is 16.6. The molecule has 0 atom stereocenters. The van der Waals surface area contributed by atoms with E-state index < -0.39 is 0 Å². The zero-order valence-electron chi connectivity index (χ0n) is 13.7. The van der Waals surface area contributed by atoms with Crippen LogP contribution in [0.25, 0.3) is 16.7 Å². The molecule has 2 N–H and O–H groups in total. The molecule has 0 aliphatic heterocycles. The number of aryl methyl sites for hydroxylation is 2. The van der Waals surface area contributed by atoms with Crippen molar-refractivity contribution in [3.05, 3.63) is 45.9 Å². The molecule has 0 fully saturated rings. The van der Waals surface area contributed by atoms with Crippen LogP contribution in [0.5, 0.6) is 0 Å². The van der Waals surface area contributed by atoms with E-state index in [9.17, 15) is 5.26 Å². The van der Waals surface area contributed by atoms with Gasteiger partial charge in [-0.2, -0.15) is 15.5 Å². The third kappa shape index (κ3) is 2.62. The first-order valence-electron chi connectivity index (χ1n) is 7.31. The molecule has 0 aliphatic rings. The third-order valence-corrected chi connectivity index (χ3v) is 4.16. The second kappa shape index (κ2) is 6.34. The lowest BCUT2D eigenvalue weighted by Crippen LogP contribution is -2.07. The largest absolute Gasteiger partial charge is 0.384 e. The summed E-state index contributed by atoms with van der Waals surface area (Å²) in [5.74, 6) is 0.800. The Kier molecular flexibility index (Phi) is 4.21. The number of benzene rings is 1. The van der Waals surface area contributed by atoms with Crippen LogP contribution in [-0.4, -0.2) is 27.5 Å². The van der Waals surface area contributed by atoms with E-state index in [2.05, 4.69) is 33.0 Å². The third-order valence-electron chi connectivity index (χ3n) is 3.86. The Morgan fingerprint density at radius 3 is 2.84 bits per heavy atom. The van der Waals surface area contributed by atoms with E-state index in [-0.39, 0.29) is 5.82 Å². The van der Waals surface area contributed by atoms with Crippen LogP contribution in [0.1, 0.15) is 22.5 Å². The zero-order valence-corrected chi connectivity index (χ0v) is 14.4. The molecular formula is C17H14ClN7. The van der Waals surface area contributed by atoms with Crippen molar-refractivity contribution in [2.75, 3.05) is 5.73 Å². The number of nitrogen functional groups attached to an aromatic ring is 1. The minimum absolute atomic E-state index is 0.242. The molecule has 0 radical (unpaired) electrons. The molecule has 3 aromatic rings. The Hall–Kier alpha value is -3.24. The van der Waals surface area contributed by atoms with Crippen LogP contribution in [0, 0.1) is 25.2 Å². The van der Waals surface area contributed by atoms with E-state index in [0.29, 0.717) is 38.7 Å². The molecule has 3 rings (SSSR count). The lowest BCUT2D eigenvalue weighted by molar-refractivity contribution is 1.03. The quantitative estimate of drug-likeness (QED) is 0.577. The highest BCUT2D eigenvalue weighted by molar-refractivity contribution is 6.33. The van der Waals surface area contributed by atoms with Crippen molar-refractivity contribution >= 4 is 41.4 Å². The molecule has 25 heavy (non-hydrogen) atoms. The highest BCUT2D eigenvalue weighted by Gasteiger charge is 2.22. The molecule has 2 aromatic heterocycles. The SMILES string of the molecule is C=N/N=C\c1c(C)ccc(Cl)c1-n1c(N)c(C#N)c2cnc(C)nc21. The summed E-state index contributed by atoms with van der Waals surface area (Å²) < 4.78 is 1.66. The van der Waals surface area contributed by atoms with Gasteiger partial charge in [-0.15, -0.1) is 0 Å². The Balaban J connectivity index is 2.50. The number of halogens is 1. The van der Waals surface area contributed by atoms with Crippen LogP contribution in [0.4, 0.5) is 5.82 Å². The molecule has 8 heteroatoms. The predicted molar refractivity (Wildman–Crippen MR) is 99.6 cm³/mol. The summed E-state index contributed by atoms with van der Waals surface area (Å²) >= 11 is 6.47. The standard InChI is InChI=1S/C17H14ClN7/c1-9-4-5-14(18)15(12(9)8-23-21-3)25-16(20)11(6-19)13-7-22-10(2)24-17(13)25/h4-5,7-8H,3,20H2,1-2H3/b23-8-. The van der Waals surface area contributed by atoms with Gasteiger partial charge in [0.1, 0.15) is 23.3 Å². The van der Waals surface area contributed by atoms with Crippen molar-refractivity contribution in [3.63, 3.8) is 0 Å². The molecule has 0 unspecified atom stereocenters. The summed E-state index contributed by atoms with van der Waals surface area (Å²) in [6, 6.07) is 5.74. The molecule has 1 aromatic carbocycles. The Morgan fingerprint density at radius 2 is 2.16 bits per heavy atom. The zero-order chi connectivity index (χ0) is 18.1. The lowest BCUT2D eigenvalue weighted by atomic mass is 10.1. The molecular weight excluding hydrogens is 338 g/mol. The molecule has 0 aliphatic carbocycles. The molecule has 0 bridgehead atoms. The highest BCUT2D eigenvalue weighted by atomic mass is 35.5. The maximum Gasteiger partial charge on any atom is 0.151 e. The van der Waals surface area contributed by atoms with E-state index in [1.54, 1.807) is 30.0 Å². The maximum absolute atomic E-state index is 9.50. The molecule has 124 valence electrons. The Morgan fingerprint density at radius 1 is 1.40 bits per heavy atom. The number of anilines is 1. The van der Waals surface area contributed by atoms with Gasteiger partial charge in [0.05, 0.1) is 22.3 Å². The van der Waals surface area contributed by atoms with Crippen molar-refractivity contribution < 1.29 is 0 Å². The number of nitriles is 1.